The summed E-state index contributed by atoms with van der Waals surface area (Å²) in [5, 5.41) is 10.7. The average Bonchev–Trinajstić information content (AvgIpc) is 2.67. The molecule has 1 aromatic rings. The van der Waals surface area contributed by atoms with Crippen LogP contribution >= 0.6 is 0 Å². The first-order valence-corrected chi connectivity index (χ1v) is 4.46. The van der Waals surface area contributed by atoms with E-state index < -0.39 is 6.17 Å². The number of hydrogen-bond donors (Lipinski definition) is 2. The molecule has 0 aromatic heterocycles. The first-order chi connectivity index (χ1) is 6.79. The summed E-state index contributed by atoms with van der Waals surface area (Å²) in [4.78, 5) is 10.4. The van der Waals surface area contributed by atoms with E-state index in [2.05, 4.69) is 10.9 Å². The zero-order valence-electron chi connectivity index (χ0n) is 7.51. The van der Waals surface area contributed by atoms with Crippen molar-refractivity contribution in [3.8, 4) is 0 Å². The van der Waals surface area contributed by atoms with Gasteiger partial charge in [0.25, 0.3) is 6.17 Å². The Morgan fingerprint density at radius 2 is 2.07 bits per heavy atom. The summed E-state index contributed by atoms with van der Waals surface area (Å²) in [5.74, 6) is -0.0915. The topological polar surface area (TPSA) is 67.2 Å². The molecule has 2 unspecified atom stereocenters. The van der Waals surface area contributed by atoms with E-state index in [1.54, 1.807) is 0 Å². The molecule has 1 aliphatic heterocycles. The van der Waals surface area contributed by atoms with E-state index in [4.69, 9.17) is 0 Å². The fraction of sp³-hybridized carbons (Fsp3) is 0.333. The Morgan fingerprint density at radius 1 is 1.36 bits per heavy atom. The smallest absolute Gasteiger partial charge is 0.263 e. The van der Waals surface area contributed by atoms with Crippen molar-refractivity contribution >= 4 is 0 Å². The predicted octanol–water partition coefficient (Wildman–Crippen LogP) is 0.481. The molecule has 0 aliphatic carbocycles. The highest BCUT2D eigenvalue weighted by atomic mass is 16.6. The van der Waals surface area contributed by atoms with Crippen LogP contribution in [0.1, 0.15) is 11.5 Å². The number of nitrogens with zero attached hydrogens (tertiary/aromatic N) is 1. The van der Waals surface area contributed by atoms with Crippen LogP contribution < -0.4 is 10.9 Å². The second-order valence-corrected chi connectivity index (χ2v) is 3.27. The molecule has 2 N–H and O–H groups in total. The fourth-order valence-electron chi connectivity index (χ4n) is 1.69. The van der Waals surface area contributed by atoms with Crippen molar-refractivity contribution in [3.63, 3.8) is 0 Å². The van der Waals surface area contributed by atoms with Gasteiger partial charge in [-0.2, -0.15) is 5.43 Å². The summed E-state index contributed by atoms with van der Waals surface area (Å²) in [6.07, 6.45) is -0.725. The van der Waals surface area contributed by atoms with Crippen LogP contribution in [0.15, 0.2) is 30.3 Å². The molecule has 0 saturated carbocycles. The van der Waals surface area contributed by atoms with E-state index in [1.165, 1.54) is 0 Å². The third kappa shape index (κ3) is 1.59. The standard InChI is InChI=1S/C9H11N3O2/c13-12(14)9-8(6-10-11-9)7-4-2-1-3-5-7/h1-5,8-11H,6H2. The number of rotatable bonds is 2. The van der Waals surface area contributed by atoms with Gasteiger partial charge < -0.3 is 0 Å². The third-order valence-corrected chi connectivity index (χ3v) is 2.41. The normalized spacial score (nSPS) is 26.3. The molecule has 0 spiro atoms. The van der Waals surface area contributed by atoms with Gasteiger partial charge in [-0.1, -0.05) is 30.3 Å². The Hall–Kier alpha value is -1.46. The van der Waals surface area contributed by atoms with Crippen LogP contribution in [0.2, 0.25) is 0 Å². The van der Waals surface area contributed by atoms with Gasteiger partial charge in [-0.05, 0) is 5.56 Å². The Morgan fingerprint density at radius 3 is 2.71 bits per heavy atom. The molecule has 5 nitrogen and oxygen atoms in total. The maximum absolute atomic E-state index is 10.7. The van der Waals surface area contributed by atoms with Crippen LogP contribution in [0.3, 0.4) is 0 Å². The Balaban J connectivity index is 2.22. The van der Waals surface area contributed by atoms with Gasteiger partial charge in [-0.25, -0.2) is 0 Å². The van der Waals surface area contributed by atoms with E-state index in [0.29, 0.717) is 6.54 Å². The van der Waals surface area contributed by atoms with Crippen LogP contribution in [0.25, 0.3) is 0 Å². The van der Waals surface area contributed by atoms with Crippen molar-refractivity contribution in [1.29, 1.82) is 0 Å². The Labute approximate surface area is 81.2 Å². The maximum atomic E-state index is 10.7. The molecule has 1 saturated heterocycles. The Bertz CT molecular complexity index is 328. The van der Waals surface area contributed by atoms with Gasteiger partial charge in [-0.15, -0.1) is 0 Å². The van der Waals surface area contributed by atoms with Crippen molar-refractivity contribution < 1.29 is 4.92 Å². The zero-order valence-corrected chi connectivity index (χ0v) is 7.51. The SMILES string of the molecule is O=[N+]([O-])C1NNCC1c1ccccc1. The highest BCUT2D eigenvalue weighted by Crippen LogP contribution is 2.21. The van der Waals surface area contributed by atoms with Gasteiger partial charge in [0.05, 0.1) is 5.92 Å². The molecule has 1 heterocycles. The summed E-state index contributed by atoms with van der Waals surface area (Å²) < 4.78 is 0. The van der Waals surface area contributed by atoms with Gasteiger partial charge in [-0.3, -0.25) is 15.5 Å². The van der Waals surface area contributed by atoms with Crippen molar-refractivity contribution in [2.75, 3.05) is 6.54 Å². The minimum Gasteiger partial charge on any atom is -0.263 e. The fourth-order valence-corrected chi connectivity index (χ4v) is 1.69. The number of nitro groups is 1. The summed E-state index contributed by atoms with van der Waals surface area (Å²) in [7, 11) is 0. The highest BCUT2D eigenvalue weighted by molar-refractivity contribution is 5.21. The van der Waals surface area contributed by atoms with E-state index in [-0.39, 0.29) is 10.8 Å². The largest absolute Gasteiger partial charge is 0.286 e. The molecule has 0 bridgehead atoms. The number of hydrogen-bond acceptors (Lipinski definition) is 4. The molecule has 2 rings (SSSR count). The van der Waals surface area contributed by atoms with E-state index in [1.807, 2.05) is 30.3 Å². The minimum absolute atomic E-state index is 0.0915. The van der Waals surface area contributed by atoms with Crippen molar-refractivity contribution in [2.45, 2.75) is 12.1 Å². The summed E-state index contributed by atoms with van der Waals surface area (Å²) in [6, 6.07) is 9.52. The second kappa shape index (κ2) is 3.73. The number of benzene rings is 1. The molecule has 74 valence electrons. The predicted molar refractivity (Wildman–Crippen MR) is 51.1 cm³/mol. The first-order valence-electron chi connectivity index (χ1n) is 4.46. The van der Waals surface area contributed by atoms with Gasteiger partial charge in [0.15, 0.2) is 0 Å². The van der Waals surface area contributed by atoms with E-state index >= 15 is 0 Å². The van der Waals surface area contributed by atoms with Crippen LogP contribution in [-0.2, 0) is 0 Å². The number of hydrazine groups is 1. The quantitative estimate of drug-likeness (QED) is 0.529. The molecule has 1 aromatic carbocycles. The van der Waals surface area contributed by atoms with Gasteiger partial charge in [0.1, 0.15) is 0 Å². The van der Waals surface area contributed by atoms with E-state index in [0.717, 1.165) is 5.56 Å². The molecule has 14 heavy (non-hydrogen) atoms. The van der Waals surface area contributed by atoms with Crippen LogP contribution in [0, 0.1) is 10.1 Å². The zero-order chi connectivity index (χ0) is 9.97. The summed E-state index contributed by atoms with van der Waals surface area (Å²) in [6.45, 7) is 0.593. The lowest BCUT2D eigenvalue weighted by Crippen LogP contribution is -2.37. The monoisotopic (exact) mass is 193 g/mol. The molecule has 2 atom stereocenters. The van der Waals surface area contributed by atoms with Crippen molar-refractivity contribution in [1.82, 2.24) is 10.9 Å². The lowest BCUT2D eigenvalue weighted by atomic mass is 9.98. The van der Waals surface area contributed by atoms with Crippen LogP contribution in [0.4, 0.5) is 0 Å². The van der Waals surface area contributed by atoms with Crippen LogP contribution in [-0.4, -0.2) is 17.6 Å². The van der Waals surface area contributed by atoms with Crippen molar-refractivity contribution in [3.05, 3.63) is 46.0 Å². The summed E-state index contributed by atoms with van der Waals surface area (Å²) in [5.41, 5.74) is 6.46. The number of nitrogens with one attached hydrogen (secondary N) is 2. The molecule has 0 amide bonds. The van der Waals surface area contributed by atoms with Crippen molar-refractivity contribution in [2.24, 2.45) is 0 Å². The lowest BCUT2D eigenvalue weighted by Gasteiger charge is -2.10. The molecular weight excluding hydrogens is 182 g/mol. The third-order valence-electron chi connectivity index (χ3n) is 2.41. The summed E-state index contributed by atoms with van der Waals surface area (Å²) >= 11 is 0. The molecule has 5 heteroatoms. The first kappa shape index (κ1) is 9.11. The minimum atomic E-state index is -0.725. The maximum Gasteiger partial charge on any atom is 0.286 e. The molecule has 1 fully saturated rings. The highest BCUT2D eigenvalue weighted by Gasteiger charge is 2.36. The average molecular weight is 193 g/mol. The second-order valence-electron chi connectivity index (χ2n) is 3.27. The molecule has 0 radical (unpaired) electrons. The Kier molecular flexibility index (Phi) is 2.43. The van der Waals surface area contributed by atoms with Gasteiger partial charge in [0, 0.05) is 11.5 Å². The lowest BCUT2D eigenvalue weighted by molar-refractivity contribution is -0.529. The van der Waals surface area contributed by atoms with Crippen LogP contribution in [0.5, 0.6) is 0 Å². The van der Waals surface area contributed by atoms with Gasteiger partial charge in [0.2, 0.25) is 0 Å². The molecule has 1 aliphatic rings. The van der Waals surface area contributed by atoms with E-state index in [9.17, 15) is 10.1 Å². The van der Waals surface area contributed by atoms with Gasteiger partial charge >= 0.3 is 0 Å². The molecular formula is C9H11N3O2.